The van der Waals surface area contributed by atoms with Crippen LogP contribution in [0.3, 0.4) is 0 Å². The van der Waals surface area contributed by atoms with E-state index in [0.717, 1.165) is 0 Å². The van der Waals surface area contributed by atoms with Gasteiger partial charge in [0.15, 0.2) is 4.77 Å². The van der Waals surface area contributed by atoms with Crippen LogP contribution in [0.15, 0.2) is 24.3 Å². The number of hydrogen-bond donors (Lipinski definition) is 0. The maximum absolute atomic E-state index is 12.3. The van der Waals surface area contributed by atoms with Gasteiger partial charge in [0.2, 0.25) is 0 Å². The summed E-state index contributed by atoms with van der Waals surface area (Å²) in [7, 11) is 0. The van der Waals surface area contributed by atoms with Gasteiger partial charge < -0.3 is 9.47 Å². The van der Waals surface area contributed by atoms with E-state index in [9.17, 15) is 9.59 Å². The van der Waals surface area contributed by atoms with Gasteiger partial charge in [-0.25, -0.2) is 18.7 Å². The zero-order valence-electron chi connectivity index (χ0n) is 12.9. The van der Waals surface area contributed by atoms with Crippen molar-refractivity contribution in [3.63, 3.8) is 0 Å². The van der Waals surface area contributed by atoms with Gasteiger partial charge in [-0.2, -0.15) is 0 Å². The first-order valence-electron chi connectivity index (χ1n) is 6.97. The van der Waals surface area contributed by atoms with Gasteiger partial charge in [-0.15, -0.1) is 0 Å². The van der Waals surface area contributed by atoms with Crippen molar-refractivity contribution in [2.24, 2.45) is 0 Å². The van der Waals surface area contributed by atoms with E-state index in [2.05, 4.69) is 0 Å². The van der Waals surface area contributed by atoms with Crippen LogP contribution in [-0.4, -0.2) is 33.5 Å². The number of hydrogen-bond acceptors (Lipinski definition) is 5. The average molecular weight is 322 g/mol. The highest BCUT2D eigenvalue weighted by Crippen LogP contribution is 2.19. The largest absolute Gasteiger partial charge is 0.446 e. The van der Waals surface area contributed by atoms with Crippen LogP contribution >= 0.6 is 12.2 Å². The number of carbonyl (C=O) groups is 2. The van der Waals surface area contributed by atoms with Crippen molar-refractivity contribution in [3.05, 3.63) is 29.0 Å². The van der Waals surface area contributed by atoms with Crippen LogP contribution in [0, 0.1) is 4.77 Å². The van der Waals surface area contributed by atoms with Gasteiger partial charge in [-0.05, 0) is 52.0 Å². The quantitative estimate of drug-likeness (QED) is 0.783. The van der Waals surface area contributed by atoms with Crippen molar-refractivity contribution in [1.29, 1.82) is 0 Å². The maximum Gasteiger partial charge on any atom is 0.421 e. The summed E-state index contributed by atoms with van der Waals surface area (Å²) in [5.41, 5.74) is 0.998. The number of carbonyl (C=O) groups excluding carboxylic acids is 2. The van der Waals surface area contributed by atoms with Crippen molar-refractivity contribution in [1.82, 2.24) is 9.13 Å². The molecule has 0 amide bonds. The molecular formula is C15H18N2O4S. The highest BCUT2D eigenvalue weighted by Gasteiger charge is 2.22. The fourth-order valence-electron chi connectivity index (χ4n) is 2.01. The first-order chi connectivity index (χ1) is 10.3. The van der Waals surface area contributed by atoms with Gasteiger partial charge in [0.25, 0.3) is 0 Å². The second-order valence-corrected chi connectivity index (χ2v) is 5.67. The van der Waals surface area contributed by atoms with E-state index in [1.807, 2.05) is 0 Å². The second-order valence-electron chi connectivity index (χ2n) is 5.31. The molecule has 0 radical (unpaired) electrons. The fraction of sp³-hybridized carbons (Fsp3) is 0.400. The van der Waals surface area contributed by atoms with Gasteiger partial charge in [-0.1, -0.05) is 12.1 Å². The SMILES string of the molecule is CC(C)OC(=O)n1c(=S)n(C(=O)OC(C)C)c2ccccc21. The molecule has 22 heavy (non-hydrogen) atoms. The van der Waals surface area contributed by atoms with Crippen LogP contribution in [0.4, 0.5) is 9.59 Å². The lowest BCUT2D eigenvalue weighted by molar-refractivity contribution is 0.115. The molecule has 1 heterocycles. The Morgan fingerprint density at radius 3 is 1.59 bits per heavy atom. The summed E-state index contributed by atoms with van der Waals surface area (Å²) in [4.78, 5) is 24.5. The molecule has 0 saturated heterocycles. The summed E-state index contributed by atoms with van der Waals surface area (Å²) in [5.74, 6) is 0. The average Bonchev–Trinajstić information content (AvgIpc) is 2.68. The molecule has 0 aliphatic carbocycles. The fourth-order valence-corrected chi connectivity index (χ4v) is 2.36. The summed E-state index contributed by atoms with van der Waals surface area (Å²) in [6, 6.07) is 6.92. The van der Waals surface area contributed by atoms with Gasteiger partial charge in [-0.3, -0.25) is 0 Å². The van der Waals surface area contributed by atoms with E-state index < -0.39 is 12.2 Å². The molecule has 1 aromatic carbocycles. The van der Waals surface area contributed by atoms with E-state index in [1.165, 1.54) is 9.13 Å². The number of para-hydroxylation sites is 2. The molecule has 0 N–H and O–H groups in total. The van der Waals surface area contributed by atoms with Crippen molar-refractivity contribution in [2.75, 3.05) is 0 Å². The van der Waals surface area contributed by atoms with Crippen molar-refractivity contribution in [3.8, 4) is 0 Å². The summed E-state index contributed by atoms with van der Waals surface area (Å²) in [6.45, 7) is 6.98. The molecule has 0 bridgehead atoms. The molecule has 0 atom stereocenters. The molecule has 6 nitrogen and oxygen atoms in total. The minimum Gasteiger partial charge on any atom is -0.446 e. The third-order valence-corrected chi connectivity index (χ3v) is 3.15. The van der Waals surface area contributed by atoms with Crippen molar-refractivity contribution >= 4 is 35.4 Å². The van der Waals surface area contributed by atoms with Gasteiger partial charge in [0.05, 0.1) is 23.2 Å². The monoisotopic (exact) mass is 322 g/mol. The molecular weight excluding hydrogens is 304 g/mol. The number of nitrogens with zero attached hydrogens (tertiary/aromatic N) is 2. The molecule has 0 aliphatic rings. The Balaban J connectivity index is 2.64. The van der Waals surface area contributed by atoms with E-state index in [-0.39, 0.29) is 17.0 Å². The number of fused-ring (bicyclic) bond motifs is 1. The van der Waals surface area contributed by atoms with E-state index in [4.69, 9.17) is 21.7 Å². The Morgan fingerprint density at radius 2 is 1.27 bits per heavy atom. The Morgan fingerprint density at radius 1 is 0.909 bits per heavy atom. The highest BCUT2D eigenvalue weighted by molar-refractivity contribution is 7.71. The van der Waals surface area contributed by atoms with Crippen molar-refractivity contribution < 1.29 is 19.1 Å². The molecule has 2 aromatic rings. The molecule has 0 aliphatic heterocycles. The second kappa shape index (κ2) is 6.31. The molecule has 0 saturated carbocycles. The minimum atomic E-state index is -0.618. The number of ether oxygens (including phenoxy) is 2. The Hall–Kier alpha value is -2.15. The van der Waals surface area contributed by atoms with Crippen LogP contribution in [0.1, 0.15) is 27.7 Å². The molecule has 118 valence electrons. The van der Waals surface area contributed by atoms with Crippen LogP contribution in [0.2, 0.25) is 0 Å². The Labute approximate surface area is 133 Å². The van der Waals surface area contributed by atoms with Gasteiger partial charge >= 0.3 is 12.2 Å². The third-order valence-electron chi connectivity index (χ3n) is 2.78. The summed E-state index contributed by atoms with van der Waals surface area (Å²) in [6.07, 6.45) is -1.82. The topological polar surface area (TPSA) is 62.5 Å². The van der Waals surface area contributed by atoms with Gasteiger partial charge in [0.1, 0.15) is 0 Å². The molecule has 0 spiro atoms. The number of rotatable bonds is 2. The number of imidazole rings is 1. The highest BCUT2D eigenvalue weighted by atomic mass is 32.1. The standard InChI is InChI=1S/C15H18N2O4S/c1-9(2)20-14(18)16-11-7-5-6-8-12(11)17(13(16)22)15(19)21-10(3)4/h5-10H,1-4H3. The van der Waals surface area contributed by atoms with Crippen molar-refractivity contribution in [2.45, 2.75) is 39.9 Å². The predicted molar refractivity (Wildman–Crippen MR) is 84.8 cm³/mol. The molecule has 0 fully saturated rings. The molecule has 1 aromatic heterocycles. The van der Waals surface area contributed by atoms with E-state index in [1.54, 1.807) is 52.0 Å². The van der Waals surface area contributed by atoms with Crippen LogP contribution in [-0.2, 0) is 9.47 Å². The normalized spacial score (nSPS) is 11.2. The molecule has 2 rings (SSSR count). The number of aromatic nitrogens is 2. The maximum atomic E-state index is 12.3. The predicted octanol–water partition coefficient (Wildman–Crippen LogP) is 3.96. The lowest BCUT2D eigenvalue weighted by Crippen LogP contribution is -2.21. The summed E-state index contributed by atoms with van der Waals surface area (Å²) in [5, 5.41) is 0. The number of benzene rings is 1. The first kappa shape index (κ1) is 16.2. The summed E-state index contributed by atoms with van der Waals surface area (Å²) >= 11 is 5.28. The lowest BCUT2D eigenvalue weighted by atomic mass is 10.3. The first-order valence-corrected chi connectivity index (χ1v) is 7.38. The smallest absolute Gasteiger partial charge is 0.421 e. The zero-order chi connectivity index (χ0) is 16.4. The van der Waals surface area contributed by atoms with Crippen LogP contribution in [0.5, 0.6) is 0 Å². The molecule has 0 unspecified atom stereocenters. The van der Waals surface area contributed by atoms with Crippen LogP contribution < -0.4 is 0 Å². The van der Waals surface area contributed by atoms with E-state index >= 15 is 0 Å². The Bertz CT molecular complexity index is 711. The third kappa shape index (κ3) is 3.04. The van der Waals surface area contributed by atoms with E-state index in [0.29, 0.717) is 11.0 Å². The minimum absolute atomic E-state index is 0.0255. The lowest BCUT2D eigenvalue weighted by Gasteiger charge is -2.09. The Kier molecular flexibility index (Phi) is 4.65. The zero-order valence-corrected chi connectivity index (χ0v) is 13.7. The summed E-state index contributed by atoms with van der Waals surface area (Å²) < 4.78 is 12.8. The van der Waals surface area contributed by atoms with Crippen LogP contribution in [0.25, 0.3) is 11.0 Å². The van der Waals surface area contributed by atoms with Gasteiger partial charge in [0, 0.05) is 0 Å². The molecule has 7 heteroatoms.